The first-order chi connectivity index (χ1) is 15.8. The Balaban J connectivity index is 1.59. The Morgan fingerprint density at radius 1 is 0.853 bits per heavy atom. The van der Waals surface area contributed by atoms with Crippen LogP contribution in [0.5, 0.6) is 0 Å². The number of benzene rings is 2. The molecule has 1 saturated carbocycles. The van der Waals surface area contributed by atoms with E-state index in [0.717, 1.165) is 37.2 Å². The summed E-state index contributed by atoms with van der Waals surface area (Å²) >= 11 is 35.6. The average molecular weight is 578 g/mol. The molecule has 0 aromatic heterocycles. The highest BCUT2D eigenvalue weighted by Gasteiger charge is 2.41. The molecule has 0 heterocycles. The van der Waals surface area contributed by atoms with Crippen LogP contribution in [0.2, 0.25) is 20.1 Å². The van der Waals surface area contributed by atoms with E-state index in [2.05, 4.69) is 42.0 Å². The molecule has 0 bridgehead atoms. The van der Waals surface area contributed by atoms with Gasteiger partial charge in [0.05, 0.1) is 21.4 Å². The van der Waals surface area contributed by atoms with Crippen molar-refractivity contribution in [2.24, 2.45) is 10.8 Å². The maximum atomic E-state index is 6.28. The molecule has 0 spiro atoms. The first-order valence-electron chi connectivity index (χ1n) is 10.9. The summed E-state index contributed by atoms with van der Waals surface area (Å²) in [5.41, 5.74) is 1.58. The van der Waals surface area contributed by atoms with E-state index in [9.17, 15) is 0 Å². The molecule has 2 aromatic carbocycles. The van der Waals surface area contributed by atoms with Crippen LogP contribution in [0.3, 0.4) is 0 Å². The third kappa shape index (κ3) is 8.00. The van der Waals surface area contributed by atoms with E-state index in [1.165, 1.54) is 0 Å². The molecule has 0 radical (unpaired) electrons. The fourth-order valence-corrected chi connectivity index (χ4v) is 6.23. The van der Waals surface area contributed by atoms with Gasteiger partial charge in [0.1, 0.15) is 0 Å². The zero-order chi connectivity index (χ0) is 25.1. The lowest BCUT2D eigenvalue weighted by Gasteiger charge is -2.47. The predicted molar refractivity (Wildman–Crippen MR) is 156 cm³/mol. The van der Waals surface area contributed by atoms with Gasteiger partial charge >= 0.3 is 0 Å². The summed E-state index contributed by atoms with van der Waals surface area (Å²) < 4.78 is 0. The van der Waals surface area contributed by atoms with Gasteiger partial charge in [-0.25, -0.2) is 0 Å². The van der Waals surface area contributed by atoms with Crippen molar-refractivity contribution in [3.63, 3.8) is 0 Å². The van der Waals surface area contributed by atoms with Gasteiger partial charge in [0.25, 0.3) is 0 Å². The van der Waals surface area contributed by atoms with Crippen LogP contribution in [-0.4, -0.2) is 22.8 Å². The largest absolute Gasteiger partial charge is 0.362 e. The van der Waals surface area contributed by atoms with Crippen LogP contribution in [0.15, 0.2) is 36.4 Å². The molecule has 0 amide bonds. The summed E-state index contributed by atoms with van der Waals surface area (Å²) in [7, 11) is 0. The molecule has 34 heavy (non-hydrogen) atoms. The zero-order valence-electron chi connectivity index (χ0n) is 19.2. The summed E-state index contributed by atoms with van der Waals surface area (Å²) in [6.07, 6.45) is 2.99. The Kier molecular flexibility index (Phi) is 9.21. The van der Waals surface area contributed by atoms with E-state index >= 15 is 0 Å². The van der Waals surface area contributed by atoms with Crippen LogP contribution in [0, 0.1) is 10.8 Å². The predicted octanol–water partition coefficient (Wildman–Crippen LogP) is 8.16. The first-order valence-corrected chi connectivity index (χ1v) is 13.2. The summed E-state index contributed by atoms with van der Waals surface area (Å²) in [5.74, 6) is 0. The summed E-state index contributed by atoms with van der Waals surface area (Å²) in [5, 5.41) is 16.5. The van der Waals surface area contributed by atoms with Crippen molar-refractivity contribution in [3.05, 3.63) is 56.5 Å². The molecule has 0 unspecified atom stereocenters. The van der Waals surface area contributed by atoms with Gasteiger partial charge in [-0.2, -0.15) is 0 Å². The molecule has 4 nitrogen and oxygen atoms in total. The average Bonchev–Trinajstić information content (AvgIpc) is 2.69. The Morgan fingerprint density at radius 3 is 1.91 bits per heavy atom. The molecular formula is C24H28Cl4N4S2. The zero-order valence-corrected chi connectivity index (χ0v) is 23.9. The van der Waals surface area contributed by atoms with Gasteiger partial charge in [-0.15, -0.1) is 0 Å². The number of hydrogen-bond acceptors (Lipinski definition) is 2. The van der Waals surface area contributed by atoms with Crippen molar-refractivity contribution in [2.45, 2.75) is 46.1 Å². The van der Waals surface area contributed by atoms with Crippen LogP contribution in [0.4, 0.5) is 11.4 Å². The number of nitrogens with one attached hydrogen (secondary N) is 4. The second kappa shape index (κ2) is 11.4. The molecule has 3 rings (SSSR count). The second-order valence-corrected chi connectivity index (χ2v) is 12.4. The number of halogens is 4. The fourth-order valence-electron chi connectivity index (χ4n) is 4.86. The van der Waals surface area contributed by atoms with Crippen molar-refractivity contribution >= 4 is 92.4 Å². The standard InChI is InChI=1S/C24H28Cl4N4S2/c1-23(2)10-16(30-22(34)32-20-7-5-15(26)9-18(20)28)11-24(3,12-23)13-29-21(33)31-19-6-4-14(25)8-17(19)27/h4-9,16H,10-13H2,1-3H3,(H2,29,31,33)(H2,30,32,34)/t16-,24-/m1/s1. The topological polar surface area (TPSA) is 48.1 Å². The third-order valence-corrected chi connectivity index (χ3v) is 7.38. The lowest BCUT2D eigenvalue weighted by atomic mass is 9.62. The highest BCUT2D eigenvalue weighted by molar-refractivity contribution is 7.80. The van der Waals surface area contributed by atoms with Crippen molar-refractivity contribution < 1.29 is 0 Å². The molecular weight excluding hydrogens is 550 g/mol. The molecule has 184 valence electrons. The van der Waals surface area contributed by atoms with E-state index in [4.69, 9.17) is 70.8 Å². The monoisotopic (exact) mass is 576 g/mol. The van der Waals surface area contributed by atoms with Crippen LogP contribution in [0.25, 0.3) is 0 Å². The number of rotatable bonds is 5. The maximum absolute atomic E-state index is 6.28. The number of hydrogen-bond donors (Lipinski definition) is 4. The van der Waals surface area contributed by atoms with Crippen LogP contribution >= 0.6 is 70.8 Å². The molecule has 1 aliphatic rings. The van der Waals surface area contributed by atoms with Gasteiger partial charge in [-0.3, -0.25) is 0 Å². The van der Waals surface area contributed by atoms with E-state index in [1.54, 1.807) is 24.3 Å². The molecule has 1 fully saturated rings. The summed E-state index contributed by atoms with van der Waals surface area (Å²) in [6, 6.07) is 10.8. The van der Waals surface area contributed by atoms with Gasteiger partial charge in [0, 0.05) is 22.6 Å². The Hall–Kier alpha value is -1.02. The Bertz CT molecular complexity index is 1080. The Morgan fingerprint density at radius 2 is 1.38 bits per heavy atom. The summed E-state index contributed by atoms with van der Waals surface area (Å²) in [6.45, 7) is 7.57. The quantitative estimate of drug-likeness (QED) is 0.269. The van der Waals surface area contributed by atoms with Crippen molar-refractivity contribution in [1.29, 1.82) is 0 Å². The van der Waals surface area contributed by atoms with Gasteiger partial charge in [0.15, 0.2) is 10.2 Å². The van der Waals surface area contributed by atoms with Gasteiger partial charge < -0.3 is 21.3 Å². The molecule has 10 heteroatoms. The van der Waals surface area contributed by atoms with E-state index < -0.39 is 0 Å². The molecule has 0 aliphatic heterocycles. The second-order valence-electron chi connectivity index (χ2n) is 9.91. The lowest BCUT2D eigenvalue weighted by molar-refractivity contribution is 0.0807. The number of anilines is 2. The van der Waals surface area contributed by atoms with Crippen molar-refractivity contribution in [1.82, 2.24) is 10.6 Å². The van der Waals surface area contributed by atoms with E-state index in [0.29, 0.717) is 30.3 Å². The molecule has 4 N–H and O–H groups in total. The van der Waals surface area contributed by atoms with E-state index in [1.807, 2.05) is 12.1 Å². The maximum Gasteiger partial charge on any atom is 0.171 e. The van der Waals surface area contributed by atoms with Gasteiger partial charge in [-0.05, 0) is 90.9 Å². The minimum Gasteiger partial charge on any atom is -0.362 e. The van der Waals surface area contributed by atoms with Crippen molar-refractivity contribution in [3.8, 4) is 0 Å². The molecule has 1 aliphatic carbocycles. The van der Waals surface area contributed by atoms with Crippen LogP contribution < -0.4 is 21.3 Å². The van der Waals surface area contributed by atoms with Gasteiger partial charge in [-0.1, -0.05) is 67.2 Å². The fraction of sp³-hybridized carbons (Fsp3) is 0.417. The minimum absolute atomic E-state index is 0.00246. The molecule has 0 saturated heterocycles. The van der Waals surface area contributed by atoms with E-state index in [-0.39, 0.29) is 16.9 Å². The van der Waals surface area contributed by atoms with Crippen LogP contribution in [0.1, 0.15) is 40.0 Å². The first kappa shape index (κ1) is 27.6. The highest BCUT2D eigenvalue weighted by atomic mass is 35.5. The minimum atomic E-state index is 0.00246. The number of thiocarbonyl (C=S) groups is 2. The lowest BCUT2D eigenvalue weighted by Crippen LogP contribution is -2.51. The smallest absolute Gasteiger partial charge is 0.171 e. The Labute approximate surface area is 232 Å². The van der Waals surface area contributed by atoms with Crippen molar-refractivity contribution in [2.75, 3.05) is 17.2 Å². The molecule has 2 atom stereocenters. The summed E-state index contributed by atoms with van der Waals surface area (Å²) in [4.78, 5) is 0. The van der Waals surface area contributed by atoms with Crippen LogP contribution in [-0.2, 0) is 0 Å². The normalized spacial score (nSPS) is 21.4. The third-order valence-electron chi connectivity index (χ3n) is 5.81. The van der Waals surface area contributed by atoms with Gasteiger partial charge in [0.2, 0.25) is 0 Å². The SMILES string of the molecule is CC1(C)C[C@@H](NC(=S)Nc2ccc(Cl)cc2Cl)C[C@@](C)(CNC(=S)Nc2ccc(Cl)cc2Cl)C1. The molecule has 2 aromatic rings. The highest BCUT2D eigenvalue weighted by Crippen LogP contribution is 2.45.